The van der Waals surface area contributed by atoms with Crippen molar-refractivity contribution in [2.45, 2.75) is 78.7 Å². The third kappa shape index (κ3) is 6.58. The van der Waals surface area contributed by atoms with Crippen molar-refractivity contribution in [2.75, 3.05) is 6.54 Å². The molecule has 0 aliphatic heterocycles. The van der Waals surface area contributed by atoms with Crippen molar-refractivity contribution >= 4 is 0 Å². The van der Waals surface area contributed by atoms with Gasteiger partial charge in [0.15, 0.2) is 0 Å². The third-order valence-corrected chi connectivity index (χ3v) is 4.37. The molecular formula is C17H33N. The van der Waals surface area contributed by atoms with Crippen molar-refractivity contribution in [3.8, 4) is 0 Å². The van der Waals surface area contributed by atoms with Gasteiger partial charge in [0.2, 0.25) is 0 Å². The smallest absolute Gasteiger partial charge is 0.00926 e. The molecule has 1 N–H and O–H groups in total. The molecule has 1 saturated carbocycles. The van der Waals surface area contributed by atoms with Crippen molar-refractivity contribution in [1.82, 2.24) is 5.32 Å². The Bertz CT molecular complexity index is 240. The Morgan fingerprint density at radius 2 is 1.94 bits per heavy atom. The minimum atomic E-state index is 0.795. The highest BCUT2D eigenvalue weighted by atomic mass is 14.9. The van der Waals surface area contributed by atoms with Crippen LogP contribution in [0.3, 0.4) is 0 Å². The minimum Gasteiger partial charge on any atom is -0.314 e. The fourth-order valence-electron chi connectivity index (χ4n) is 2.94. The molecule has 1 aliphatic carbocycles. The van der Waals surface area contributed by atoms with E-state index in [1.165, 1.54) is 57.1 Å². The van der Waals surface area contributed by atoms with E-state index in [1.807, 2.05) is 0 Å². The van der Waals surface area contributed by atoms with E-state index in [0.29, 0.717) is 0 Å². The largest absolute Gasteiger partial charge is 0.314 e. The Balaban J connectivity index is 2.07. The molecule has 3 atom stereocenters. The van der Waals surface area contributed by atoms with Gasteiger partial charge in [0.25, 0.3) is 0 Å². The van der Waals surface area contributed by atoms with Crippen LogP contribution in [0.4, 0.5) is 0 Å². The van der Waals surface area contributed by atoms with Gasteiger partial charge < -0.3 is 5.32 Å². The molecule has 1 aliphatic rings. The zero-order valence-electron chi connectivity index (χ0n) is 13.0. The van der Waals surface area contributed by atoms with Crippen LogP contribution in [0.2, 0.25) is 0 Å². The summed E-state index contributed by atoms with van der Waals surface area (Å²) in [6, 6.07) is 0.795. The topological polar surface area (TPSA) is 12.0 Å². The summed E-state index contributed by atoms with van der Waals surface area (Å²) in [7, 11) is 0. The van der Waals surface area contributed by atoms with Crippen molar-refractivity contribution in [3.63, 3.8) is 0 Å². The summed E-state index contributed by atoms with van der Waals surface area (Å²) in [5.41, 5.74) is 1.45. The molecule has 0 heterocycles. The van der Waals surface area contributed by atoms with Gasteiger partial charge in [-0.3, -0.25) is 0 Å². The molecule has 0 aromatic heterocycles. The second-order valence-electron chi connectivity index (χ2n) is 6.58. The van der Waals surface area contributed by atoms with Crippen molar-refractivity contribution < 1.29 is 0 Å². The van der Waals surface area contributed by atoms with Crippen molar-refractivity contribution in [3.05, 3.63) is 11.6 Å². The Labute approximate surface area is 114 Å². The van der Waals surface area contributed by atoms with Crippen LogP contribution in [0.5, 0.6) is 0 Å². The second-order valence-corrected chi connectivity index (χ2v) is 6.58. The maximum absolute atomic E-state index is 3.79. The molecule has 0 bridgehead atoms. The van der Waals surface area contributed by atoms with Gasteiger partial charge in [-0.15, -0.1) is 0 Å². The number of hydrogen-bond acceptors (Lipinski definition) is 1. The summed E-state index contributed by atoms with van der Waals surface area (Å²) in [5, 5.41) is 3.79. The highest BCUT2D eigenvalue weighted by Gasteiger charge is 2.20. The van der Waals surface area contributed by atoms with Crippen LogP contribution < -0.4 is 5.32 Å². The van der Waals surface area contributed by atoms with Crippen LogP contribution in [-0.4, -0.2) is 12.6 Å². The van der Waals surface area contributed by atoms with Crippen molar-refractivity contribution in [1.29, 1.82) is 0 Å². The number of nitrogens with one attached hydrogen (secondary N) is 1. The Morgan fingerprint density at radius 1 is 1.22 bits per heavy atom. The van der Waals surface area contributed by atoms with E-state index in [9.17, 15) is 0 Å². The fraction of sp³-hybridized carbons (Fsp3) is 0.882. The molecule has 0 amide bonds. The molecule has 1 nitrogen and oxygen atoms in total. The summed E-state index contributed by atoms with van der Waals surface area (Å²) in [6.45, 7) is 10.4. The highest BCUT2D eigenvalue weighted by molar-refractivity contribution is 4.92. The summed E-state index contributed by atoms with van der Waals surface area (Å²) in [5.74, 6) is 1.74. The maximum Gasteiger partial charge on any atom is 0.00926 e. The second kappa shape index (κ2) is 8.74. The molecule has 106 valence electrons. The van der Waals surface area contributed by atoms with Crippen LogP contribution in [0.1, 0.15) is 72.6 Å². The molecule has 0 aromatic carbocycles. The number of allylic oxidation sites excluding steroid dienone is 2. The van der Waals surface area contributed by atoms with Gasteiger partial charge in [-0.2, -0.15) is 0 Å². The summed E-state index contributed by atoms with van der Waals surface area (Å²) in [4.78, 5) is 0. The molecule has 1 fully saturated rings. The first-order valence-corrected chi connectivity index (χ1v) is 7.96. The molecule has 1 rings (SSSR count). The highest BCUT2D eigenvalue weighted by Crippen LogP contribution is 2.23. The number of hydrogen-bond donors (Lipinski definition) is 1. The van der Waals surface area contributed by atoms with Crippen LogP contribution >= 0.6 is 0 Å². The molecule has 0 unspecified atom stereocenters. The van der Waals surface area contributed by atoms with Crippen molar-refractivity contribution in [2.24, 2.45) is 11.8 Å². The lowest BCUT2D eigenvalue weighted by molar-refractivity contribution is 0.275. The van der Waals surface area contributed by atoms with Crippen LogP contribution in [0, 0.1) is 11.8 Å². The Kier molecular flexibility index (Phi) is 7.65. The SMILES string of the molecule is CC(C)=CCC[C@H](C)CCN[C@H]1CCCC[C@@H]1C. The molecule has 0 saturated heterocycles. The van der Waals surface area contributed by atoms with E-state index in [0.717, 1.165) is 17.9 Å². The van der Waals surface area contributed by atoms with Crippen LogP contribution in [-0.2, 0) is 0 Å². The molecule has 0 spiro atoms. The predicted octanol–water partition coefficient (Wildman–Crippen LogP) is 4.93. The zero-order chi connectivity index (χ0) is 13.4. The van der Waals surface area contributed by atoms with Gasteiger partial charge in [-0.25, -0.2) is 0 Å². The normalized spacial score (nSPS) is 25.8. The monoisotopic (exact) mass is 251 g/mol. The molecule has 1 heteroatoms. The third-order valence-electron chi connectivity index (χ3n) is 4.37. The summed E-state index contributed by atoms with van der Waals surface area (Å²) in [6.07, 6.45) is 12.0. The number of rotatable bonds is 7. The van der Waals surface area contributed by atoms with Crippen LogP contribution in [0.25, 0.3) is 0 Å². The van der Waals surface area contributed by atoms with Crippen LogP contribution in [0.15, 0.2) is 11.6 Å². The van der Waals surface area contributed by atoms with E-state index >= 15 is 0 Å². The molecule has 0 aromatic rings. The van der Waals surface area contributed by atoms with Gasteiger partial charge >= 0.3 is 0 Å². The Hall–Kier alpha value is -0.300. The summed E-state index contributed by atoms with van der Waals surface area (Å²) >= 11 is 0. The average Bonchev–Trinajstić information content (AvgIpc) is 2.31. The fourth-order valence-corrected chi connectivity index (χ4v) is 2.94. The van der Waals surface area contributed by atoms with Gasteiger partial charge in [0, 0.05) is 6.04 Å². The predicted molar refractivity (Wildman–Crippen MR) is 81.9 cm³/mol. The molecular weight excluding hydrogens is 218 g/mol. The zero-order valence-corrected chi connectivity index (χ0v) is 13.0. The summed E-state index contributed by atoms with van der Waals surface area (Å²) < 4.78 is 0. The molecule has 0 radical (unpaired) electrons. The first kappa shape index (κ1) is 15.8. The lowest BCUT2D eigenvalue weighted by Gasteiger charge is -2.30. The lowest BCUT2D eigenvalue weighted by atomic mass is 9.86. The lowest BCUT2D eigenvalue weighted by Crippen LogP contribution is -2.38. The van der Waals surface area contributed by atoms with Gasteiger partial charge in [0.05, 0.1) is 0 Å². The minimum absolute atomic E-state index is 0.795. The van der Waals surface area contributed by atoms with Gasteiger partial charge in [-0.05, 0) is 64.3 Å². The first-order chi connectivity index (χ1) is 8.59. The van der Waals surface area contributed by atoms with Gasteiger partial charge in [0.1, 0.15) is 0 Å². The quantitative estimate of drug-likeness (QED) is 0.633. The molecule has 18 heavy (non-hydrogen) atoms. The standard InChI is InChI=1S/C17H33N/c1-14(2)8-7-9-15(3)12-13-18-17-11-6-5-10-16(17)4/h8,15-18H,5-7,9-13H2,1-4H3/t15-,16-,17-/m0/s1. The Morgan fingerprint density at radius 3 is 2.61 bits per heavy atom. The van der Waals surface area contributed by atoms with E-state index in [-0.39, 0.29) is 0 Å². The van der Waals surface area contributed by atoms with E-state index in [2.05, 4.69) is 39.1 Å². The van der Waals surface area contributed by atoms with E-state index < -0.39 is 0 Å². The average molecular weight is 251 g/mol. The van der Waals surface area contributed by atoms with E-state index in [4.69, 9.17) is 0 Å². The maximum atomic E-state index is 3.79. The van der Waals surface area contributed by atoms with E-state index in [1.54, 1.807) is 0 Å². The first-order valence-electron chi connectivity index (χ1n) is 7.96. The van der Waals surface area contributed by atoms with Gasteiger partial charge in [-0.1, -0.05) is 38.3 Å².